The number of oxazole rings is 1. The highest BCUT2D eigenvalue weighted by Gasteiger charge is 2.26. The number of hydrogen-bond acceptors (Lipinski definition) is 3. The van der Waals surface area contributed by atoms with Crippen LogP contribution in [0, 0.1) is 0 Å². The summed E-state index contributed by atoms with van der Waals surface area (Å²) in [5.74, 6) is 1.39. The number of aromatic nitrogens is 2. The largest absolute Gasteiger partial charge is 0.440 e. The molecular weight excluding hydrogens is 362 g/mol. The van der Waals surface area contributed by atoms with Crippen LogP contribution >= 0.6 is 0 Å². The van der Waals surface area contributed by atoms with E-state index in [0.29, 0.717) is 12.3 Å². The molecule has 2 aromatic carbocycles. The maximum absolute atomic E-state index is 12.7. The molecule has 5 nitrogen and oxygen atoms in total. The Morgan fingerprint density at radius 2 is 1.90 bits per heavy atom. The molecule has 1 saturated heterocycles. The molecule has 0 unspecified atom stereocenters. The topological polar surface area (TPSA) is 62.1 Å². The van der Waals surface area contributed by atoms with E-state index in [1.807, 2.05) is 35.2 Å². The van der Waals surface area contributed by atoms with Gasteiger partial charge in [-0.3, -0.25) is 4.79 Å². The molecule has 5 heteroatoms. The molecule has 29 heavy (non-hydrogen) atoms. The first-order valence-electron chi connectivity index (χ1n) is 10.5. The van der Waals surface area contributed by atoms with Crippen LogP contribution in [0.2, 0.25) is 0 Å². The van der Waals surface area contributed by atoms with Crippen LogP contribution in [0.25, 0.3) is 22.0 Å². The summed E-state index contributed by atoms with van der Waals surface area (Å²) in [4.78, 5) is 22.6. The SMILES string of the molecule is O=C(CCCc1c[nH]c2ccccc12)N1CCC(c2nc3ccccc3o2)CC1. The zero-order valence-corrected chi connectivity index (χ0v) is 16.4. The van der Waals surface area contributed by atoms with Crippen LogP contribution in [0.1, 0.15) is 43.1 Å². The molecule has 0 radical (unpaired) electrons. The highest BCUT2D eigenvalue weighted by molar-refractivity contribution is 5.83. The third kappa shape index (κ3) is 3.65. The number of nitrogens with zero attached hydrogens (tertiary/aromatic N) is 2. The first-order chi connectivity index (χ1) is 14.3. The van der Waals surface area contributed by atoms with Gasteiger partial charge in [-0.25, -0.2) is 4.98 Å². The van der Waals surface area contributed by atoms with Gasteiger partial charge in [0.2, 0.25) is 5.91 Å². The second-order valence-corrected chi connectivity index (χ2v) is 7.89. The summed E-state index contributed by atoms with van der Waals surface area (Å²) in [7, 11) is 0. The smallest absolute Gasteiger partial charge is 0.222 e. The van der Waals surface area contributed by atoms with E-state index in [4.69, 9.17) is 4.42 Å². The number of piperidine rings is 1. The summed E-state index contributed by atoms with van der Waals surface area (Å²) in [6.45, 7) is 1.57. The number of rotatable bonds is 5. The molecule has 0 saturated carbocycles. The Morgan fingerprint density at radius 1 is 1.10 bits per heavy atom. The highest BCUT2D eigenvalue weighted by Crippen LogP contribution is 2.30. The minimum absolute atomic E-state index is 0.265. The monoisotopic (exact) mass is 387 g/mol. The Bertz CT molecular complexity index is 1100. The van der Waals surface area contributed by atoms with E-state index in [9.17, 15) is 4.79 Å². The fourth-order valence-electron chi connectivity index (χ4n) is 4.37. The first kappa shape index (κ1) is 18.0. The number of likely N-dealkylation sites (tertiary alicyclic amines) is 1. The first-order valence-corrected chi connectivity index (χ1v) is 10.5. The predicted octanol–water partition coefficient (Wildman–Crippen LogP) is 5.04. The van der Waals surface area contributed by atoms with Crippen molar-refractivity contribution in [1.82, 2.24) is 14.9 Å². The molecule has 0 aliphatic carbocycles. The molecule has 0 spiro atoms. The molecule has 1 aliphatic rings. The number of benzene rings is 2. The van der Waals surface area contributed by atoms with Crippen molar-refractivity contribution >= 4 is 27.9 Å². The van der Waals surface area contributed by atoms with Crippen LogP contribution in [0.5, 0.6) is 0 Å². The molecule has 0 atom stereocenters. The van der Waals surface area contributed by atoms with Crippen LogP contribution in [0.15, 0.2) is 59.1 Å². The third-order valence-electron chi connectivity index (χ3n) is 6.02. The number of para-hydroxylation sites is 3. The quantitative estimate of drug-likeness (QED) is 0.522. The molecule has 2 aromatic heterocycles. The summed E-state index contributed by atoms with van der Waals surface area (Å²) < 4.78 is 5.93. The van der Waals surface area contributed by atoms with Crippen LogP contribution in [-0.2, 0) is 11.2 Å². The van der Waals surface area contributed by atoms with E-state index < -0.39 is 0 Å². The van der Waals surface area contributed by atoms with Gasteiger partial charge in [0.1, 0.15) is 5.52 Å². The van der Waals surface area contributed by atoms with Crippen molar-refractivity contribution in [3.63, 3.8) is 0 Å². The molecule has 3 heterocycles. The second kappa shape index (κ2) is 7.74. The van der Waals surface area contributed by atoms with Gasteiger partial charge < -0.3 is 14.3 Å². The van der Waals surface area contributed by atoms with Crippen LogP contribution in [-0.4, -0.2) is 33.9 Å². The number of carbonyl (C=O) groups is 1. The number of carbonyl (C=O) groups excluding carboxylic acids is 1. The summed E-state index contributed by atoms with van der Waals surface area (Å²) in [6, 6.07) is 16.2. The predicted molar refractivity (Wildman–Crippen MR) is 114 cm³/mol. The zero-order valence-electron chi connectivity index (χ0n) is 16.4. The lowest BCUT2D eigenvalue weighted by Gasteiger charge is -2.30. The average molecular weight is 387 g/mol. The van der Waals surface area contributed by atoms with E-state index in [1.54, 1.807) is 0 Å². The molecule has 0 bridgehead atoms. The third-order valence-corrected chi connectivity index (χ3v) is 6.02. The minimum atomic E-state index is 0.265. The lowest BCUT2D eigenvalue weighted by Crippen LogP contribution is -2.37. The van der Waals surface area contributed by atoms with Crippen molar-refractivity contribution in [2.45, 2.75) is 38.0 Å². The maximum Gasteiger partial charge on any atom is 0.222 e. The van der Waals surface area contributed by atoms with E-state index in [1.165, 1.54) is 10.9 Å². The van der Waals surface area contributed by atoms with E-state index >= 15 is 0 Å². The minimum Gasteiger partial charge on any atom is -0.440 e. The summed E-state index contributed by atoms with van der Waals surface area (Å²) >= 11 is 0. The fourth-order valence-corrected chi connectivity index (χ4v) is 4.37. The standard InChI is InChI=1S/C24H25N3O2/c28-23(11-5-6-18-16-25-20-8-2-1-7-19(18)20)27-14-12-17(13-15-27)24-26-21-9-3-4-10-22(21)29-24/h1-4,7-10,16-17,25H,5-6,11-15H2. The Kier molecular flexibility index (Phi) is 4.80. The number of amides is 1. The van der Waals surface area contributed by atoms with Crippen molar-refractivity contribution < 1.29 is 9.21 Å². The number of aromatic amines is 1. The molecule has 4 aromatic rings. The lowest BCUT2D eigenvalue weighted by atomic mass is 9.96. The average Bonchev–Trinajstić information content (AvgIpc) is 3.38. The van der Waals surface area contributed by atoms with Crippen LogP contribution in [0.3, 0.4) is 0 Å². The van der Waals surface area contributed by atoms with Gasteiger partial charge in [-0.05, 0) is 49.4 Å². The van der Waals surface area contributed by atoms with E-state index in [-0.39, 0.29) is 5.91 Å². The van der Waals surface area contributed by atoms with Gasteiger partial charge in [0, 0.05) is 42.5 Å². The molecule has 1 aliphatic heterocycles. The van der Waals surface area contributed by atoms with Gasteiger partial charge in [-0.2, -0.15) is 0 Å². The van der Waals surface area contributed by atoms with E-state index in [2.05, 4.69) is 34.4 Å². The summed E-state index contributed by atoms with van der Waals surface area (Å²) in [6.07, 6.45) is 6.32. The van der Waals surface area contributed by atoms with Gasteiger partial charge in [0.15, 0.2) is 11.5 Å². The Hall–Kier alpha value is -3.08. The van der Waals surface area contributed by atoms with Crippen LogP contribution < -0.4 is 0 Å². The van der Waals surface area contributed by atoms with Crippen molar-refractivity contribution in [2.24, 2.45) is 0 Å². The maximum atomic E-state index is 12.7. The van der Waals surface area contributed by atoms with Crippen molar-refractivity contribution in [2.75, 3.05) is 13.1 Å². The number of H-pyrrole nitrogens is 1. The summed E-state index contributed by atoms with van der Waals surface area (Å²) in [5.41, 5.74) is 4.22. The second-order valence-electron chi connectivity index (χ2n) is 7.89. The van der Waals surface area contributed by atoms with Crippen molar-refractivity contribution in [3.05, 3.63) is 66.2 Å². The Labute approximate surface area is 169 Å². The van der Waals surface area contributed by atoms with Crippen molar-refractivity contribution in [1.29, 1.82) is 0 Å². The number of aryl methyl sites for hydroxylation is 1. The molecule has 1 N–H and O–H groups in total. The fraction of sp³-hybridized carbons (Fsp3) is 0.333. The Morgan fingerprint density at radius 3 is 2.76 bits per heavy atom. The Balaban J connectivity index is 1.13. The zero-order chi connectivity index (χ0) is 19.6. The van der Waals surface area contributed by atoms with Gasteiger partial charge >= 0.3 is 0 Å². The molecule has 1 fully saturated rings. The number of fused-ring (bicyclic) bond motifs is 2. The lowest BCUT2D eigenvalue weighted by molar-refractivity contribution is -0.132. The van der Waals surface area contributed by atoms with Gasteiger partial charge in [-0.15, -0.1) is 0 Å². The van der Waals surface area contributed by atoms with Gasteiger partial charge in [0.05, 0.1) is 0 Å². The van der Waals surface area contributed by atoms with Crippen LogP contribution in [0.4, 0.5) is 0 Å². The van der Waals surface area contributed by atoms with Gasteiger partial charge in [0.25, 0.3) is 0 Å². The summed E-state index contributed by atoms with van der Waals surface area (Å²) in [5, 5.41) is 1.26. The van der Waals surface area contributed by atoms with E-state index in [0.717, 1.165) is 61.3 Å². The van der Waals surface area contributed by atoms with Crippen molar-refractivity contribution in [3.8, 4) is 0 Å². The molecule has 1 amide bonds. The number of nitrogens with one attached hydrogen (secondary N) is 1. The van der Waals surface area contributed by atoms with Gasteiger partial charge in [-0.1, -0.05) is 30.3 Å². The molecular formula is C24H25N3O2. The molecule has 148 valence electrons. The normalized spacial score (nSPS) is 15.4. The molecule has 5 rings (SSSR count). The highest BCUT2D eigenvalue weighted by atomic mass is 16.3. The number of hydrogen-bond donors (Lipinski definition) is 1.